The van der Waals surface area contributed by atoms with Crippen molar-refractivity contribution in [2.24, 2.45) is 0 Å². The fraction of sp³-hybridized carbons (Fsp3) is 0.533. The van der Waals surface area contributed by atoms with Crippen molar-refractivity contribution in [3.05, 3.63) is 29.3 Å². The predicted octanol–water partition coefficient (Wildman–Crippen LogP) is 2.67. The first-order valence-corrected chi connectivity index (χ1v) is 6.82. The lowest BCUT2D eigenvalue weighted by molar-refractivity contribution is -0.114. The average Bonchev–Trinajstić information content (AvgIpc) is 2.38. The van der Waals surface area contributed by atoms with E-state index in [0.717, 1.165) is 25.2 Å². The third-order valence-electron chi connectivity index (χ3n) is 3.59. The Morgan fingerprint density at radius 1 is 1.50 bits per heavy atom. The fourth-order valence-corrected chi connectivity index (χ4v) is 2.80. The Hall–Kier alpha value is -1.35. The van der Waals surface area contributed by atoms with Crippen LogP contribution < -0.4 is 10.6 Å². The molecule has 1 fully saturated rings. The van der Waals surface area contributed by atoms with E-state index in [4.69, 9.17) is 0 Å². The van der Waals surface area contributed by atoms with Crippen molar-refractivity contribution in [3.8, 4) is 0 Å². The lowest BCUT2D eigenvalue weighted by atomic mass is 9.86. The molecular weight excluding hydrogens is 224 g/mol. The third kappa shape index (κ3) is 2.91. The fourth-order valence-electron chi connectivity index (χ4n) is 2.80. The molecule has 1 atom stereocenters. The van der Waals surface area contributed by atoms with Crippen LogP contribution in [0.1, 0.15) is 43.7 Å². The van der Waals surface area contributed by atoms with Gasteiger partial charge in [-0.15, -0.1) is 0 Å². The lowest BCUT2D eigenvalue weighted by Gasteiger charge is -2.27. The van der Waals surface area contributed by atoms with E-state index < -0.39 is 0 Å². The van der Waals surface area contributed by atoms with Crippen LogP contribution in [0.2, 0.25) is 0 Å². The van der Waals surface area contributed by atoms with Crippen molar-refractivity contribution in [3.63, 3.8) is 0 Å². The summed E-state index contributed by atoms with van der Waals surface area (Å²) >= 11 is 0. The second-order valence-electron chi connectivity index (χ2n) is 4.96. The Labute approximate surface area is 109 Å². The second-order valence-corrected chi connectivity index (χ2v) is 4.96. The summed E-state index contributed by atoms with van der Waals surface area (Å²) in [5, 5.41) is 6.43. The molecular formula is C15H22N2O. The van der Waals surface area contributed by atoms with Crippen LogP contribution in [0.4, 0.5) is 5.69 Å². The number of piperidine rings is 1. The molecule has 1 unspecified atom stereocenters. The first-order chi connectivity index (χ1) is 8.72. The molecule has 1 saturated heterocycles. The maximum atomic E-state index is 11.3. The molecule has 0 aromatic heterocycles. The van der Waals surface area contributed by atoms with Crippen molar-refractivity contribution in [1.82, 2.24) is 5.32 Å². The van der Waals surface area contributed by atoms with Crippen molar-refractivity contribution in [2.75, 3.05) is 18.4 Å². The highest BCUT2D eigenvalue weighted by Crippen LogP contribution is 2.32. The summed E-state index contributed by atoms with van der Waals surface area (Å²) in [5.74, 6) is 0.532. The van der Waals surface area contributed by atoms with Crippen molar-refractivity contribution in [2.45, 2.75) is 39.0 Å². The van der Waals surface area contributed by atoms with E-state index in [-0.39, 0.29) is 5.91 Å². The van der Waals surface area contributed by atoms with Gasteiger partial charge in [-0.05, 0) is 48.9 Å². The Morgan fingerprint density at radius 3 is 2.94 bits per heavy atom. The van der Waals surface area contributed by atoms with E-state index in [2.05, 4.69) is 23.6 Å². The molecule has 0 aliphatic carbocycles. The predicted molar refractivity (Wildman–Crippen MR) is 75.0 cm³/mol. The molecule has 3 nitrogen and oxygen atoms in total. The molecule has 1 aromatic carbocycles. The van der Waals surface area contributed by atoms with Gasteiger partial charge in [0.1, 0.15) is 0 Å². The van der Waals surface area contributed by atoms with Gasteiger partial charge < -0.3 is 10.6 Å². The molecule has 1 aliphatic rings. The van der Waals surface area contributed by atoms with Gasteiger partial charge in [-0.2, -0.15) is 0 Å². The van der Waals surface area contributed by atoms with Crippen LogP contribution in [0.15, 0.2) is 18.2 Å². The Morgan fingerprint density at radius 2 is 2.33 bits per heavy atom. The lowest BCUT2D eigenvalue weighted by Crippen LogP contribution is -2.29. The number of aryl methyl sites for hydroxylation is 1. The molecule has 1 heterocycles. The third-order valence-corrected chi connectivity index (χ3v) is 3.59. The number of rotatable bonds is 3. The minimum atomic E-state index is 0.00766. The first-order valence-electron chi connectivity index (χ1n) is 6.82. The zero-order valence-corrected chi connectivity index (χ0v) is 11.3. The second kappa shape index (κ2) is 6.01. The van der Waals surface area contributed by atoms with Crippen LogP contribution in [0.25, 0.3) is 0 Å². The quantitative estimate of drug-likeness (QED) is 0.861. The van der Waals surface area contributed by atoms with E-state index in [1.165, 1.54) is 24.0 Å². The zero-order valence-electron chi connectivity index (χ0n) is 11.3. The number of benzene rings is 1. The molecule has 1 amide bonds. The summed E-state index contributed by atoms with van der Waals surface area (Å²) in [5.41, 5.74) is 3.69. The summed E-state index contributed by atoms with van der Waals surface area (Å²) in [7, 11) is 0. The minimum Gasteiger partial charge on any atom is -0.326 e. The van der Waals surface area contributed by atoms with Crippen LogP contribution in [0.5, 0.6) is 0 Å². The molecule has 18 heavy (non-hydrogen) atoms. The van der Waals surface area contributed by atoms with Gasteiger partial charge in [-0.25, -0.2) is 0 Å². The largest absolute Gasteiger partial charge is 0.326 e. The first kappa shape index (κ1) is 13.1. The van der Waals surface area contributed by atoms with Gasteiger partial charge in [0.25, 0.3) is 0 Å². The topological polar surface area (TPSA) is 41.1 Å². The van der Waals surface area contributed by atoms with E-state index in [9.17, 15) is 4.79 Å². The van der Waals surface area contributed by atoms with Gasteiger partial charge in [0.15, 0.2) is 0 Å². The van der Waals surface area contributed by atoms with E-state index in [1.54, 1.807) is 6.92 Å². The highest BCUT2D eigenvalue weighted by atomic mass is 16.1. The van der Waals surface area contributed by atoms with Gasteiger partial charge in [-0.3, -0.25) is 4.79 Å². The van der Waals surface area contributed by atoms with Gasteiger partial charge in [0, 0.05) is 19.2 Å². The van der Waals surface area contributed by atoms with Gasteiger partial charge in [-0.1, -0.05) is 19.1 Å². The van der Waals surface area contributed by atoms with Gasteiger partial charge >= 0.3 is 0 Å². The van der Waals surface area contributed by atoms with Crippen LogP contribution in [0.3, 0.4) is 0 Å². The Bertz CT molecular complexity index is 423. The molecule has 2 N–H and O–H groups in total. The van der Waals surface area contributed by atoms with Gasteiger partial charge in [0.05, 0.1) is 0 Å². The van der Waals surface area contributed by atoms with E-state index in [0.29, 0.717) is 5.92 Å². The van der Waals surface area contributed by atoms with Gasteiger partial charge in [0.2, 0.25) is 5.91 Å². The molecule has 0 radical (unpaired) electrons. The molecule has 0 bridgehead atoms. The summed E-state index contributed by atoms with van der Waals surface area (Å²) in [4.78, 5) is 11.3. The summed E-state index contributed by atoms with van der Waals surface area (Å²) in [6.07, 6.45) is 3.43. The number of hydrogen-bond acceptors (Lipinski definition) is 2. The van der Waals surface area contributed by atoms with Crippen LogP contribution >= 0.6 is 0 Å². The van der Waals surface area contributed by atoms with Crippen LogP contribution in [-0.2, 0) is 11.2 Å². The Balaban J connectivity index is 2.36. The van der Waals surface area contributed by atoms with Crippen molar-refractivity contribution >= 4 is 11.6 Å². The average molecular weight is 246 g/mol. The molecule has 0 saturated carbocycles. The maximum absolute atomic E-state index is 11.3. The SMILES string of the molecule is CCc1cccc(NC(C)=O)c1C1CCCNC1. The van der Waals surface area contributed by atoms with Crippen molar-refractivity contribution in [1.29, 1.82) is 0 Å². The zero-order chi connectivity index (χ0) is 13.0. The van der Waals surface area contributed by atoms with Crippen molar-refractivity contribution < 1.29 is 4.79 Å². The maximum Gasteiger partial charge on any atom is 0.221 e. The van der Waals surface area contributed by atoms with Crippen LogP contribution in [-0.4, -0.2) is 19.0 Å². The van der Waals surface area contributed by atoms with Crippen LogP contribution in [0, 0.1) is 0 Å². The molecule has 2 rings (SSSR count). The highest BCUT2D eigenvalue weighted by molar-refractivity contribution is 5.90. The highest BCUT2D eigenvalue weighted by Gasteiger charge is 2.21. The monoisotopic (exact) mass is 246 g/mol. The number of carbonyl (C=O) groups is 1. The molecule has 98 valence electrons. The summed E-state index contributed by atoms with van der Waals surface area (Å²) in [6.45, 7) is 5.87. The molecule has 0 spiro atoms. The molecule has 1 aliphatic heterocycles. The Kier molecular flexibility index (Phi) is 4.37. The van der Waals surface area contributed by atoms with E-state index >= 15 is 0 Å². The normalized spacial score (nSPS) is 19.6. The molecule has 3 heteroatoms. The van der Waals surface area contributed by atoms with E-state index in [1.807, 2.05) is 12.1 Å². The summed E-state index contributed by atoms with van der Waals surface area (Å²) < 4.78 is 0. The number of amides is 1. The number of hydrogen-bond donors (Lipinski definition) is 2. The summed E-state index contributed by atoms with van der Waals surface area (Å²) in [6, 6.07) is 6.23. The smallest absolute Gasteiger partial charge is 0.221 e. The number of nitrogens with one attached hydrogen (secondary N) is 2. The standard InChI is InChI=1S/C15H22N2O/c1-3-12-6-4-8-14(17-11(2)18)15(12)13-7-5-9-16-10-13/h4,6,8,13,16H,3,5,7,9-10H2,1-2H3,(H,17,18). The minimum absolute atomic E-state index is 0.00766. The number of anilines is 1. The number of carbonyl (C=O) groups excluding carboxylic acids is 1. The molecule has 1 aromatic rings.